The van der Waals surface area contributed by atoms with Gasteiger partial charge in [-0.25, -0.2) is 4.98 Å². The molecule has 2 aromatic heterocycles. The van der Waals surface area contributed by atoms with Crippen molar-refractivity contribution in [3.05, 3.63) is 81.2 Å². The van der Waals surface area contributed by atoms with Crippen LogP contribution in [0.1, 0.15) is 23.2 Å². The zero-order valence-electron chi connectivity index (χ0n) is 16.8. The molecule has 4 aromatic rings. The summed E-state index contributed by atoms with van der Waals surface area (Å²) in [6.45, 7) is 3.67. The number of fused-ring (bicyclic) bond motifs is 1. The SMILES string of the molecule is Cc1sc2nc(/C(Cl)=C\c3ccc(OC(C)C#N)cc3)[nH]c(=O)c2c1-c1ccccc1. The number of rotatable bonds is 5. The van der Waals surface area contributed by atoms with E-state index in [0.717, 1.165) is 21.6 Å². The minimum atomic E-state index is -0.527. The summed E-state index contributed by atoms with van der Waals surface area (Å²) in [6.07, 6.45) is 1.20. The van der Waals surface area contributed by atoms with E-state index in [1.165, 1.54) is 11.3 Å². The quantitative estimate of drug-likeness (QED) is 0.407. The van der Waals surface area contributed by atoms with Crippen molar-refractivity contribution in [3.63, 3.8) is 0 Å². The van der Waals surface area contributed by atoms with Gasteiger partial charge in [-0.15, -0.1) is 11.3 Å². The van der Waals surface area contributed by atoms with Gasteiger partial charge >= 0.3 is 0 Å². The van der Waals surface area contributed by atoms with E-state index in [9.17, 15) is 4.79 Å². The average Bonchev–Trinajstić information content (AvgIpc) is 3.12. The smallest absolute Gasteiger partial charge is 0.260 e. The first-order chi connectivity index (χ1) is 15.0. The molecule has 0 amide bonds. The highest BCUT2D eigenvalue weighted by molar-refractivity contribution is 7.19. The Kier molecular flexibility index (Phi) is 5.90. The Bertz CT molecular complexity index is 1370. The highest BCUT2D eigenvalue weighted by atomic mass is 35.5. The van der Waals surface area contributed by atoms with Crippen LogP contribution in [0.15, 0.2) is 59.4 Å². The molecule has 1 unspecified atom stereocenters. The number of thiophene rings is 1. The van der Waals surface area contributed by atoms with Gasteiger partial charge in [-0.2, -0.15) is 5.26 Å². The number of aromatic nitrogens is 2. The van der Waals surface area contributed by atoms with Crippen LogP contribution < -0.4 is 10.3 Å². The molecular formula is C24H18ClN3O2S. The fraction of sp³-hybridized carbons (Fsp3) is 0.125. The molecule has 1 N–H and O–H groups in total. The van der Waals surface area contributed by atoms with E-state index in [1.807, 2.05) is 55.5 Å². The Morgan fingerprint density at radius 2 is 1.94 bits per heavy atom. The third-order valence-corrected chi connectivity index (χ3v) is 5.98. The number of hydrogen-bond donors (Lipinski definition) is 1. The van der Waals surface area contributed by atoms with Gasteiger partial charge in [0, 0.05) is 10.4 Å². The number of benzene rings is 2. The third kappa shape index (κ3) is 4.38. The summed E-state index contributed by atoms with van der Waals surface area (Å²) in [5.41, 5.74) is 2.49. The Morgan fingerprint density at radius 3 is 2.61 bits per heavy atom. The first-order valence-corrected chi connectivity index (χ1v) is 10.8. The fourth-order valence-corrected chi connectivity index (χ4v) is 4.53. The number of aryl methyl sites for hydroxylation is 1. The van der Waals surface area contributed by atoms with Crippen LogP contribution in [0.5, 0.6) is 5.75 Å². The van der Waals surface area contributed by atoms with Crippen molar-refractivity contribution >= 4 is 44.3 Å². The minimum Gasteiger partial charge on any atom is -0.476 e. The summed E-state index contributed by atoms with van der Waals surface area (Å²) in [5, 5.41) is 9.74. The zero-order chi connectivity index (χ0) is 22.0. The predicted molar refractivity (Wildman–Crippen MR) is 126 cm³/mol. The molecular weight excluding hydrogens is 430 g/mol. The molecule has 0 aliphatic rings. The van der Waals surface area contributed by atoms with Crippen LogP contribution in [-0.4, -0.2) is 16.1 Å². The van der Waals surface area contributed by atoms with Crippen molar-refractivity contribution in [1.82, 2.24) is 9.97 Å². The second-order valence-electron chi connectivity index (χ2n) is 6.94. The van der Waals surface area contributed by atoms with Crippen LogP contribution in [-0.2, 0) is 0 Å². The monoisotopic (exact) mass is 447 g/mol. The average molecular weight is 448 g/mol. The largest absolute Gasteiger partial charge is 0.476 e. The number of H-pyrrole nitrogens is 1. The molecule has 154 valence electrons. The second-order valence-corrected chi connectivity index (χ2v) is 8.55. The maximum atomic E-state index is 12.9. The Hall–Kier alpha value is -3.40. The number of nitrogens with zero attached hydrogens (tertiary/aromatic N) is 2. The lowest BCUT2D eigenvalue weighted by Gasteiger charge is -2.07. The summed E-state index contributed by atoms with van der Waals surface area (Å²) in [4.78, 5) is 22.0. The van der Waals surface area contributed by atoms with Gasteiger partial charge in [-0.05, 0) is 43.2 Å². The molecule has 2 aromatic carbocycles. The predicted octanol–water partition coefficient (Wildman–Crippen LogP) is 5.99. The van der Waals surface area contributed by atoms with Crippen molar-refractivity contribution in [1.29, 1.82) is 5.26 Å². The van der Waals surface area contributed by atoms with Gasteiger partial charge in [0.2, 0.25) is 0 Å². The summed E-state index contributed by atoms with van der Waals surface area (Å²) < 4.78 is 5.45. The van der Waals surface area contributed by atoms with E-state index in [0.29, 0.717) is 26.8 Å². The third-order valence-electron chi connectivity index (χ3n) is 4.69. The van der Waals surface area contributed by atoms with E-state index in [-0.39, 0.29) is 5.56 Å². The molecule has 0 saturated heterocycles. The standard InChI is InChI=1S/C24H18ClN3O2S/c1-14(13-26)30-18-10-8-16(9-11-18)12-19(25)22-27-23(29)21-20(15(2)31-24(21)28-22)17-6-4-3-5-7-17/h3-12,14H,1-2H3,(H,27,28,29)/b19-12+. The first-order valence-electron chi connectivity index (χ1n) is 9.59. The maximum Gasteiger partial charge on any atom is 0.260 e. The number of hydrogen-bond acceptors (Lipinski definition) is 5. The second kappa shape index (κ2) is 8.76. The van der Waals surface area contributed by atoms with Crippen LogP contribution >= 0.6 is 22.9 Å². The molecule has 0 fully saturated rings. The summed E-state index contributed by atoms with van der Waals surface area (Å²) in [6, 6.07) is 19.0. The molecule has 5 nitrogen and oxygen atoms in total. The molecule has 7 heteroatoms. The van der Waals surface area contributed by atoms with Crippen LogP contribution in [0.25, 0.3) is 32.5 Å². The van der Waals surface area contributed by atoms with E-state index < -0.39 is 6.10 Å². The molecule has 2 heterocycles. The van der Waals surface area contributed by atoms with Crippen molar-refractivity contribution in [3.8, 4) is 22.9 Å². The highest BCUT2D eigenvalue weighted by Crippen LogP contribution is 2.36. The van der Waals surface area contributed by atoms with Crippen molar-refractivity contribution < 1.29 is 4.74 Å². The van der Waals surface area contributed by atoms with Crippen LogP contribution in [0.3, 0.4) is 0 Å². The molecule has 31 heavy (non-hydrogen) atoms. The zero-order valence-corrected chi connectivity index (χ0v) is 18.4. The number of halogens is 1. The van der Waals surface area contributed by atoms with E-state index in [1.54, 1.807) is 25.1 Å². The van der Waals surface area contributed by atoms with Gasteiger partial charge in [0.1, 0.15) is 16.6 Å². The van der Waals surface area contributed by atoms with Crippen molar-refractivity contribution in [2.75, 3.05) is 0 Å². The normalized spacial score (nSPS) is 12.5. The molecule has 4 rings (SSSR count). The fourth-order valence-electron chi connectivity index (χ4n) is 3.27. The molecule has 0 spiro atoms. The summed E-state index contributed by atoms with van der Waals surface area (Å²) in [7, 11) is 0. The van der Waals surface area contributed by atoms with Crippen molar-refractivity contribution in [2.45, 2.75) is 20.0 Å². The molecule has 1 atom stereocenters. The minimum absolute atomic E-state index is 0.219. The number of ether oxygens (including phenoxy) is 1. The topological polar surface area (TPSA) is 78.8 Å². The lowest BCUT2D eigenvalue weighted by molar-refractivity contribution is 0.276. The molecule has 0 saturated carbocycles. The lowest BCUT2D eigenvalue weighted by Crippen LogP contribution is -2.10. The number of nitriles is 1. The molecule has 0 radical (unpaired) electrons. The Labute approximate surface area is 188 Å². The maximum absolute atomic E-state index is 12.9. The van der Waals surface area contributed by atoms with Gasteiger partial charge in [0.15, 0.2) is 11.9 Å². The number of nitrogens with one attached hydrogen (secondary N) is 1. The van der Waals surface area contributed by atoms with Crippen molar-refractivity contribution in [2.24, 2.45) is 0 Å². The van der Waals surface area contributed by atoms with E-state index in [2.05, 4.69) is 9.97 Å². The van der Waals surface area contributed by atoms with Crippen LogP contribution in [0.2, 0.25) is 0 Å². The highest BCUT2D eigenvalue weighted by Gasteiger charge is 2.17. The molecule has 0 aliphatic heterocycles. The molecule has 0 aliphatic carbocycles. The molecule has 0 bridgehead atoms. The van der Waals surface area contributed by atoms with Gasteiger partial charge in [0.25, 0.3) is 5.56 Å². The van der Waals surface area contributed by atoms with Crippen LogP contribution in [0, 0.1) is 18.3 Å². The van der Waals surface area contributed by atoms with Gasteiger partial charge < -0.3 is 9.72 Å². The lowest BCUT2D eigenvalue weighted by atomic mass is 10.0. The van der Waals surface area contributed by atoms with E-state index in [4.69, 9.17) is 21.6 Å². The van der Waals surface area contributed by atoms with Crippen LogP contribution in [0.4, 0.5) is 0 Å². The van der Waals surface area contributed by atoms with E-state index >= 15 is 0 Å². The summed E-state index contributed by atoms with van der Waals surface area (Å²) >= 11 is 7.96. The number of aromatic amines is 1. The van der Waals surface area contributed by atoms with Gasteiger partial charge in [0.05, 0.1) is 10.4 Å². The van der Waals surface area contributed by atoms with Gasteiger partial charge in [-0.3, -0.25) is 4.79 Å². The Balaban J connectivity index is 1.69. The van der Waals surface area contributed by atoms with Gasteiger partial charge in [-0.1, -0.05) is 54.1 Å². The summed E-state index contributed by atoms with van der Waals surface area (Å²) in [5.74, 6) is 0.913. The first kappa shape index (κ1) is 20.9. The Morgan fingerprint density at radius 1 is 1.23 bits per heavy atom.